The van der Waals surface area contributed by atoms with Crippen molar-refractivity contribution in [3.05, 3.63) is 48.7 Å². The number of hydrogen-bond donors (Lipinski definition) is 0. The summed E-state index contributed by atoms with van der Waals surface area (Å²) in [7, 11) is 0. The second-order valence-corrected chi connectivity index (χ2v) is 9.79. The Labute approximate surface area is 159 Å². The first kappa shape index (κ1) is 17.6. The predicted molar refractivity (Wildman–Crippen MR) is 115 cm³/mol. The molecule has 0 spiro atoms. The first-order chi connectivity index (χ1) is 12.2. The molecule has 0 N–H and O–H groups in total. The zero-order valence-corrected chi connectivity index (χ0v) is 17.3. The maximum absolute atomic E-state index is 2.68. The van der Waals surface area contributed by atoms with Gasteiger partial charge in [-0.05, 0) is 49.2 Å². The van der Waals surface area contributed by atoms with Crippen LogP contribution in [0.15, 0.2) is 48.7 Å². The lowest BCUT2D eigenvalue weighted by atomic mass is 9.24. The molecule has 1 fully saturated rings. The van der Waals surface area contributed by atoms with Crippen molar-refractivity contribution in [2.75, 3.05) is 9.62 Å². The summed E-state index contributed by atoms with van der Waals surface area (Å²) in [6.45, 7) is 17.8. The summed E-state index contributed by atoms with van der Waals surface area (Å²) in [5.74, 6) is 1.36. The van der Waals surface area contributed by atoms with Crippen molar-refractivity contribution in [2.24, 2.45) is 5.41 Å². The number of rotatable bonds is 1. The van der Waals surface area contributed by atoms with E-state index in [1.165, 1.54) is 11.5 Å². The van der Waals surface area contributed by atoms with Gasteiger partial charge in [0.05, 0.1) is 11.4 Å². The fourth-order valence-corrected chi connectivity index (χ4v) is 5.96. The Morgan fingerprint density at radius 1 is 0.885 bits per heavy atom. The highest BCUT2D eigenvalue weighted by atomic mass is 15.5. The molecule has 0 amide bonds. The van der Waals surface area contributed by atoms with E-state index in [9.17, 15) is 0 Å². The van der Waals surface area contributed by atoms with E-state index in [-0.39, 0.29) is 11.0 Å². The van der Waals surface area contributed by atoms with Crippen molar-refractivity contribution in [3.8, 4) is 0 Å². The largest absolute Gasteiger partial charge is 0.396 e. The quantitative estimate of drug-likeness (QED) is 0.666. The third kappa shape index (κ3) is 2.28. The van der Waals surface area contributed by atoms with Gasteiger partial charge in [0.1, 0.15) is 6.17 Å². The molecule has 0 radical (unpaired) electrons. The van der Waals surface area contributed by atoms with Crippen molar-refractivity contribution in [1.82, 2.24) is 4.57 Å². The summed E-state index contributed by atoms with van der Waals surface area (Å²) in [6.07, 6.45) is 2.57. The molecular formula is C21H31B2N3. The van der Waals surface area contributed by atoms with Gasteiger partial charge in [0.15, 0.2) is 0 Å². The highest BCUT2D eigenvalue weighted by Gasteiger charge is 2.59. The monoisotopic (exact) mass is 347 g/mol. The molecule has 0 aliphatic carbocycles. The van der Waals surface area contributed by atoms with Crippen LogP contribution in [0.1, 0.15) is 34.6 Å². The molecule has 0 saturated carbocycles. The van der Waals surface area contributed by atoms with Gasteiger partial charge in [-0.3, -0.25) is 0 Å². The number of hydrogen-bond acceptors (Lipinski definition) is 2. The SMILES string of the molecule is CB1C(C(C)(C)C)B(C)N2c3cccn3C(C)(C)C2N1c1ccccc1. The van der Waals surface area contributed by atoms with E-state index >= 15 is 0 Å². The van der Waals surface area contributed by atoms with E-state index in [1.54, 1.807) is 0 Å². The second-order valence-electron chi connectivity index (χ2n) is 9.79. The molecule has 1 saturated heterocycles. The highest BCUT2D eigenvalue weighted by Crippen LogP contribution is 2.51. The van der Waals surface area contributed by atoms with E-state index in [2.05, 4.69) is 111 Å². The molecule has 1 aromatic heterocycles. The van der Waals surface area contributed by atoms with Crippen molar-refractivity contribution in [1.29, 1.82) is 0 Å². The molecule has 3 nitrogen and oxygen atoms in total. The first-order valence-corrected chi connectivity index (χ1v) is 9.95. The van der Waals surface area contributed by atoms with Gasteiger partial charge in [-0.25, -0.2) is 0 Å². The van der Waals surface area contributed by atoms with Crippen LogP contribution >= 0.6 is 0 Å². The maximum atomic E-state index is 2.68. The molecular weight excluding hydrogens is 316 g/mol. The summed E-state index contributed by atoms with van der Waals surface area (Å²) < 4.78 is 2.47. The number of aromatic nitrogens is 1. The third-order valence-electron chi connectivity index (χ3n) is 6.74. The average molecular weight is 347 g/mol. The topological polar surface area (TPSA) is 11.4 Å². The minimum atomic E-state index is 0.0139. The zero-order chi connectivity index (χ0) is 18.9. The predicted octanol–water partition coefficient (Wildman–Crippen LogP) is 5.09. The van der Waals surface area contributed by atoms with Gasteiger partial charge in [0.25, 0.3) is 13.7 Å². The Morgan fingerprint density at radius 3 is 2.12 bits per heavy atom. The van der Waals surface area contributed by atoms with Crippen LogP contribution in [0.4, 0.5) is 11.5 Å². The van der Waals surface area contributed by atoms with Gasteiger partial charge in [0, 0.05) is 11.9 Å². The molecule has 2 atom stereocenters. The Kier molecular flexibility index (Phi) is 3.81. The van der Waals surface area contributed by atoms with Gasteiger partial charge >= 0.3 is 0 Å². The highest BCUT2D eigenvalue weighted by molar-refractivity contribution is 6.84. The Hall–Kier alpha value is -1.77. The van der Waals surface area contributed by atoms with Gasteiger partial charge in [-0.2, -0.15) is 0 Å². The van der Waals surface area contributed by atoms with Crippen molar-refractivity contribution in [2.45, 2.75) is 65.7 Å². The summed E-state index contributed by atoms with van der Waals surface area (Å²) in [5, 5.41) is 0. The summed E-state index contributed by atoms with van der Waals surface area (Å²) in [4.78, 5) is 5.37. The van der Waals surface area contributed by atoms with Crippen molar-refractivity contribution < 1.29 is 0 Å². The minimum Gasteiger partial charge on any atom is -0.396 e. The minimum absolute atomic E-state index is 0.0139. The molecule has 2 aliphatic heterocycles. The summed E-state index contributed by atoms with van der Waals surface area (Å²) >= 11 is 0. The van der Waals surface area contributed by atoms with Crippen molar-refractivity contribution >= 4 is 25.2 Å². The standard InChI is InChI=1S/C21H31B2N3/c1-20(2,3)18-22(6)25(16-12-9-8-10-13-16)19-21(4,5)24-15-11-14-17(24)26(19)23(18)7/h8-15,18-19H,1-7H3. The van der Waals surface area contributed by atoms with E-state index in [0.29, 0.717) is 25.6 Å². The molecule has 26 heavy (non-hydrogen) atoms. The van der Waals surface area contributed by atoms with E-state index in [0.717, 1.165) is 0 Å². The fourth-order valence-electron chi connectivity index (χ4n) is 5.96. The number of nitrogens with zero attached hydrogens (tertiary/aromatic N) is 3. The summed E-state index contributed by atoms with van der Waals surface area (Å²) in [6, 6.07) is 15.5. The molecule has 5 heteroatoms. The lowest BCUT2D eigenvalue weighted by Gasteiger charge is -2.57. The van der Waals surface area contributed by atoms with Crippen LogP contribution in [0.2, 0.25) is 19.4 Å². The molecule has 136 valence electrons. The lowest BCUT2D eigenvalue weighted by molar-refractivity contribution is 0.326. The molecule has 2 aromatic rings. The van der Waals surface area contributed by atoms with Crippen LogP contribution < -0.4 is 9.62 Å². The average Bonchev–Trinajstić information content (AvgIpc) is 3.10. The number of benzene rings is 1. The normalized spacial score (nSPS) is 24.7. The number of anilines is 2. The number of para-hydroxylation sites is 1. The van der Waals surface area contributed by atoms with Gasteiger partial charge < -0.3 is 14.2 Å². The summed E-state index contributed by atoms with van der Waals surface area (Å²) in [5.41, 5.74) is 2.15. The van der Waals surface area contributed by atoms with E-state index in [1.807, 2.05) is 0 Å². The molecule has 4 rings (SSSR count). The Balaban J connectivity index is 1.92. The maximum Gasteiger partial charge on any atom is 0.254 e. The smallest absolute Gasteiger partial charge is 0.254 e. The van der Waals surface area contributed by atoms with Crippen molar-refractivity contribution in [3.63, 3.8) is 0 Å². The fraction of sp³-hybridized carbons (Fsp3) is 0.524. The third-order valence-corrected chi connectivity index (χ3v) is 6.74. The van der Waals surface area contributed by atoms with Crippen LogP contribution in [-0.4, -0.2) is 24.4 Å². The van der Waals surface area contributed by atoms with Crippen LogP contribution in [0.5, 0.6) is 0 Å². The second kappa shape index (κ2) is 5.61. The molecule has 2 unspecified atom stereocenters. The zero-order valence-electron chi connectivity index (χ0n) is 17.3. The van der Waals surface area contributed by atoms with Crippen LogP contribution in [0.25, 0.3) is 0 Å². The van der Waals surface area contributed by atoms with Gasteiger partial charge in [0.2, 0.25) is 0 Å². The van der Waals surface area contributed by atoms with Gasteiger partial charge in [-0.15, -0.1) is 0 Å². The van der Waals surface area contributed by atoms with E-state index < -0.39 is 0 Å². The molecule has 1 aromatic carbocycles. The Morgan fingerprint density at radius 2 is 1.50 bits per heavy atom. The first-order valence-electron chi connectivity index (χ1n) is 9.95. The number of fused-ring (bicyclic) bond motifs is 3. The van der Waals surface area contributed by atoms with Gasteiger partial charge in [-0.1, -0.05) is 52.6 Å². The molecule has 0 bridgehead atoms. The van der Waals surface area contributed by atoms with Crippen LogP contribution in [0.3, 0.4) is 0 Å². The molecule has 2 aliphatic rings. The lowest BCUT2D eigenvalue weighted by Crippen LogP contribution is -2.71. The van der Waals surface area contributed by atoms with Crippen LogP contribution in [0, 0.1) is 5.41 Å². The van der Waals surface area contributed by atoms with Crippen LogP contribution in [-0.2, 0) is 5.54 Å². The molecule has 3 heterocycles. The Bertz CT molecular complexity index is 793. The van der Waals surface area contributed by atoms with E-state index in [4.69, 9.17) is 0 Å².